The summed E-state index contributed by atoms with van der Waals surface area (Å²) in [5, 5.41) is 15.6. The normalized spacial score (nSPS) is 9.06. The third kappa shape index (κ3) is 8.76. The Labute approximate surface area is 101 Å². The molecule has 1 rings (SSSR count). The summed E-state index contributed by atoms with van der Waals surface area (Å²) in [5.74, 6) is -2.51. The first-order valence-corrected chi connectivity index (χ1v) is 4.91. The van der Waals surface area contributed by atoms with Crippen molar-refractivity contribution in [3.05, 3.63) is 42.5 Å². The van der Waals surface area contributed by atoms with Crippen molar-refractivity contribution in [2.24, 2.45) is 0 Å². The standard InChI is InChI=1S/C6H6BrN.C4H4O4/c7-8-6-4-2-1-3-5-6;5-3(6)1-2-4(7)8/h1-5,8H;1-2H,(H,5,6)(H,7,8)/b;2-1-. The number of halogens is 1. The van der Waals surface area contributed by atoms with Gasteiger partial charge in [0.15, 0.2) is 0 Å². The molecule has 0 aliphatic heterocycles. The largest absolute Gasteiger partial charge is 0.478 e. The Balaban J connectivity index is 0.000000281. The molecule has 0 aliphatic rings. The number of anilines is 1. The van der Waals surface area contributed by atoms with Crippen LogP contribution in [0.5, 0.6) is 0 Å². The third-order valence-corrected chi connectivity index (χ3v) is 1.71. The summed E-state index contributed by atoms with van der Waals surface area (Å²) in [6, 6.07) is 9.89. The van der Waals surface area contributed by atoms with Gasteiger partial charge in [-0.15, -0.1) is 0 Å². The Hall–Kier alpha value is -1.82. The van der Waals surface area contributed by atoms with Gasteiger partial charge in [-0.2, -0.15) is 0 Å². The van der Waals surface area contributed by atoms with E-state index >= 15 is 0 Å². The van der Waals surface area contributed by atoms with Gasteiger partial charge in [-0.3, -0.25) is 0 Å². The summed E-state index contributed by atoms with van der Waals surface area (Å²) in [4.78, 5) is 19.1. The molecule has 0 aromatic heterocycles. The van der Waals surface area contributed by atoms with Crippen molar-refractivity contribution in [2.45, 2.75) is 0 Å². The van der Waals surface area contributed by atoms with E-state index in [1.54, 1.807) is 0 Å². The van der Waals surface area contributed by atoms with Gasteiger partial charge < -0.3 is 14.6 Å². The van der Waals surface area contributed by atoms with Crippen molar-refractivity contribution in [3.63, 3.8) is 0 Å². The molecule has 3 N–H and O–H groups in total. The van der Waals surface area contributed by atoms with E-state index in [1.807, 2.05) is 30.3 Å². The Bertz CT molecular complexity index is 348. The first-order chi connectivity index (χ1) is 7.56. The zero-order chi connectivity index (χ0) is 12.4. The molecule has 0 atom stereocenters. The summed E-state index contributed by atoms with van der Waals surface area (Å²) in [6.07, 6.45) is 1.12. The van der Waals surface area contributed by atoms with E-state index in [-0.39, 0.29) is 0 Å². The highest BCUT2D eigenvalue weighted by molar-refractivity contribution is 9.10. The molecular formula is C10H10BrNO4. The number of hydrogen-bond acceptors (Lipinski definition) is 3. The number of aliphatic carboxylic acids is 2. The lowest BCUT2D eigenvalue weighted by atomic mass is 10.3. The highest BCUT2D eigenvalue weighted by Gasteiger charge is 1.88. The Morgan fingerprint density at radius 2 is 1.50 bits per heavy atom. The van der Waals surface area contributed by atoms with Crippen molar-refractivity contribution in [3.8, 4) is 0 Å². The smallest absolute Gasteiger partial charge is 0.328 e. The summed E-state index contributed by atoms with van der Waals surface area (Å²) >= 11 is 3.11. The maximum absolute atomic E-state index is 9.55. The Morgan fingerprint density at radius 3 is 1.75 bits per heavy atom. The second kappa shape index (κ2) is 8.49. The molecule has 0 bridgehead atoms. The number of benzene rings is 1. The number of para-hydroxylation sites is 1. The van der Waals surface area contributed by atoms with E-state index in [1.165, 1.54) is 0 Å². The zero-order valence-corrected chi connectivity index (χ0v) is 9.72. The van der Waals surface area contributed by atoms with Gasteiger partial charge >= 0.3 is 11.9 Å². The highest BCUT2D eigenvalue weighted by Crippen LogP contribution is 2.05. The summed E-state index contributed by atoms with van der Waals surface area (Å²) in [5.41, 5.74) is 1.08. The molecule has 0 spiro atoms. The minimum absolute atomic E-state index is 0.558. The van der Waals surface area contributed by atoms with Crippen LogP contribution in [0.25, 0.3) is 0 Å². The summed E-state index contributed by atoms with van der Waals surface area (Å²) in [7, 11) is 0. The van der Waals surface area contributed by atoms with Crippen LogP contribution in [0.2, 0.25) is 0 Å². The molecule has 5 nitrogen and oxygen atoms in total. The van der Waals surface area contributed by atoms with E-state index in [0.29, 0.717) is 12.2 Å². The minimum atomic E-state index is -1.26. The highest BCUT2D eigenvalue weighted by atomic mass is 79.9. The van der Waals surface area contributed by atoms with Gasteiger partial charge in [-0.25, -0.2) is 9.59 Å². The van der Waals surface area contributed by atoms with Crippen LogP contribution in [-0.2, 0) is 9.59 Å². The Morgan fingerprint density at radius 1 is 1.06 bits per heavy atom. The molecule has 0 radical (unpaired) electrons. The summed E-state index contributed by atoms with van der Waals surface area (Å²) < 4.78 is 2.84. The molecular weight excluding hydrogens is 278 g/mol. The molecule has 6 heteroatoms. The van der Waals surface area contributed by atoms with Crippen LogP contribution < -0.4 is 4.34 Å². The second-order valence-corrected chi connectivity index (χ2v) is 2.87. The van der Waals surface area contributed by atoms with Crippen LogP contribution in [0.1, 0.15) is 0 Å². The van der Waals surface area contributed by atoms with Crippen molar-refractivity contribution in [2.75, 3.05) is 4.34 Å². The minimum Gasteiger partial charge on any atom is -0.478 e. The Kier molecular flexibility index (Phi) is 7.52. The van der Waals surface area contributed by atoms with Crippen molar-refractivity contribution in [1.29, 1.82) is 0 Å². The van der Waals surface area contributed by atoms with Crippen LogP contribution in [0.3, 0.4) is 0 Å². The maximum Gasteiger partial charge on any atom is 0.328 e. The lowest BCUT2D eigenvalue weighted by Crippen LogP contribution is -1.91. The van der Waals surface area contributed by atoms with Gasteiger partial charge in [0, 0.05) is 34.0 Å². The quantitative estimate of drug-likeness (QED) is 0.586. The van der Waals surface area contributed by atoms with Crippen LogP contribution in [0.4, 0.5) is 5.69 Å². The van der Waals surface area contributed by atoms with Crippen LogP contribution >= 0.6 is 16.1 Å². The fourth-order valence-electron chi connectivity index (χ4n) is 0.644. The van der Waals surface area contributed by atoms with Crippen LogP contribution in [-0.4, -0.2) is 22.2 Å². The van der Waals surface area contributed by atoms with Gasteiger partial charge in [-0.1, -0.05) is 18.2 Å². The third-order valence-electron chi connectivity index (χ3n) is 1.25. The fourth-order valence-corrected chi connectivity index (χ4v) is 0.908. The van der Waals surface area contributed by atoms with E-state index in [2.05, 4.69) is 20.5 Å². The molecule has 0 amide bonds. The van der Waals surface area contributed by atoms with Crippen molar-refractivity contribution < 1.29 is 19.8 Å². The van der Waals surface area contributed by atoms with E-state index < -0.39 is 11.9 Å². The van der Waals surface area contributed by atoms with Crippen LogP contribution in [0.15, 0.2) is 42.5 Å². The number of nitrogens with one attached hydrogen (secondary N) is 1. The maximum atomic E-state index is 9.55. The predicted octanol–water partition coefficient (Wildman–Crippen LogP) is 2.12. The van der Waals surface area contributed by atoms with Crippen molar-refractivity contribution >= 4 is 33.8 Å². The average Bonchev–Trinajstić information content (AvgIpc) is 2.28. The lowest BCUT2D eigenvalue weighted by molar-refractivity contribution is -0.134. The molecule has 1 aromatic rings. The van der Waals surface area contributed by atoms with Crippen LogP contribution in [0, 0.1) is 0 Å². The van der Waals surface area contributed by atoms with Gasteiger partial charge in [0.05, 0.1) is 0 Å². The molecule has 86 valence electrons. The van der Waals surface area contributed by atoms with Gasteiger partial charge in [0.2, 0.25) is 0 Å². The zero-order valence-electron chi connectivity index (χ0n) is 8.13. The number of hydrogen-bond donors (Lipinski definition) is 3. The number of rotatable bonds is 3. The SMILES string of the molecule is BrNc1ccccc1.O=C(O)/C=C\C(=O)O. The molecule has 1 aromatic carbocycles. The first-order valence-electron chi connectivity index (χ1n) is 4.12. The number of carboxylic acid groups (broad SMARTS) is 2. The molecule has 16 heavy (non-hydrogen) atoms. The topological polar surface area (TPSA) is 86.6 Å². The molecule has 0 heterocycles. The second-order valence-electron chi connectivity index (χ2n) is 2.47. The molecule has 0 unspecified atom stereocenters. The lowest BCUT2D eigenvalue weighted by Gasteiger charge is -1.91. The number of carbonyl (C=O) groups is 2. The van der Waals surface area contributed by atoms with Gasteiger partial charge in [0.25, 0.3) is 0 Å². The van der Waals surface area contributed by atoms with Crippen molar-refractivity contribution in [1.82, 2.24) is 0 Å². The average molecular weight is 288 g/mol. The van der Waals surface area contributed by atoms with Gasteiger partial charge in [-0.05, 0) is 12.1 Å². The van der Waals surface area contributed by atoms with E-state index in [9.17, 15) is 9.59 Å². The monoisotopic (exact) mass is 287 g/mol. The first kappa shape index (κ1) is 14.2. The predicted molar refractivity (Wildman–Crippen MR) is 63.4 cm³/mol. The molecule has 0 fully saturated rings. The van der Waals surface area contributed by atoms with Gasteiger partial charge in [0.1, 0.15) is 0 Å². The van der Waals surface area contributed by atoms with E-state index in [0.717, 1.165) is 5.69 Å². The van der Waals surface area contributed by atoms with E-state index in [4.69, 9.17) is 10.2 Å². The molecule has 0 saturated heterocycles. The number of carboxylic acids is 2. The molecule has 0 saturated carbocycles. The summed E-state index contributed by atoms with van der Waals surface area (Å²) in [6.45, 7) is 0. The fraction of sp³-hybridized carbons (Fsp3) is 0. The molecule has 0 aliphatic carbocycles.